The van der Waals surface area contributed by atoms with Gasteiger partial charge in [0.05, 0.1) is 26.2 Å². The van der Waals surface area contributed by atoms with Gasteiger partial charge >= 0.3 is 0 Å². The van der Waals surface area contributed by atoms with Gasteiger partial charge in [0.2, 0.25) is 0 Å². The maximum Gasteiger partial charge on any atom is 0.129 e. The first kappa shape index (κ1) is 47.5. The van der Waals surface area contributed by atoms with E-state index in [4.69, 9.17) is 0 Å². The normalized spacial score (nSPS) is 19.9. The van der Waals surface area contributed by atoms with Gasteiger partial charge in [0.1, 0.15) is 26.2 Å². The first-order chi connectivity index (χ1) is 20.7. The highest BCUT2D eigenvalue weighted by atomic mass is 127. The Kier molecular flexibility index (Phi) is 37.0. The molecule has 0 aromatic heterocycles. The molecule has 1 saturated heterocycles. The van der Waals surface area contributed by atoms with Crippen molar-refractivity contribution in [2.45, 2.75) is 207 Å². The van der Waals surface area contributed by atoms with Crippen molar-refractivity contribution in [2.75, 3.05) is 52.4 Å². The van der Waals surface area contributed by atoms with E-state index < -0.39 is 0 Å². The molecule has 1 heterocycles. The minimum absolute atomic E-state index is 0. The lowest BCUT2D eigenvalue weighted by molar-refractivity contribution is -1.03. The highest BCUT2D eigenvalue weighted by Crippen LogP contribution is 2.23. The molecular formula is C40H84I2N2. The van der Waals surface area contributed by atoms with Gasteiger partial charge in [-0.3, -0.25) is 0 Å². The highest BCUT2D eigenvalue weighted by molar-refractivity contribution is 4.57. The summed E-state index contributed by atoms with van der Waals surface area (Å²) in [4.78, 5) is 0. The molecule has 2 nitrogen and oxygen atoms in total. The minimum atomic E-state index is 0. The number of piperazine rings is 1. The number of rotatable bonds is 32. The predicted octanol–water partition coefficient (Wildman–Crippen LogP) is 6.64. The van der Waals surface area contributed by atoms with Crippen LogP contribution in [0.15, 0.2) is 0 Å². The number of quaternary nitrogens is 2. The molecule has 1 aliphatic rings. The van der Waals surface area contributed by atoms with Gasteiger partial charge in [-0.25, -0.2) is 0 Å². The van der Waals surface area contributed by atoms with Crippen molar-refractivity contribution in [1.29, 1.82) is 0 Å². The molecule has 4 heteroatoms. The van der Waals surface area contributed by atoms with Gasteiger partial charge in [0, 0.05) is 0 Å². The summed E-state index contributed by atoms with van der Waals surface area (Å²) in [5.41, 5.74) is 0. The van der Waals surface area contributed by atoms with Gasteiger partial charge in [-0.15, -0.1) is 0 Å². The number of halogens is 2. The highest BCUT2D eigenvalue weighted by Gasteiger charge is 2.39. The van der Waals surface area contributed by atoms with E-state index in [2.05, 4.69) is 27.7 Å². The summed E-state index contributed by atoms with van der Waals surface area (Å²) in [6.07, 6.45) is 41.1. The lowest BCUT2D eigenvalue weighted by atomic mass is 10.0. The van der Waals surface area contributed by atoms with Crippen LogP contribution in [-0.4, -0.2) is 61.3 Å². The average molecular weight is 847 g/mol. The quantitative estimate of drug-likeness (QED) is 0.0405. The van der Waals surface area contributed by atoms with E-state index >= 15 is 0 Å². The Bertz CT molecular complexity index is 499. The van der Waals surface area contributed by atoms with E-state index in [0.29, 0.717) is 0 Å². The third-order valence-electron chi connectivity index (χ3n) is 11.4. The fraction of sp³-hybridized carbons (Fsp3) is 1.00. The Morgan fingerprint density at radius 2 is 0.455 bits per heavy atom. The summed E-state index contributed by atoms with van der Waals surface area (Å²) in [7, 11) is 0. The van der Waals surface area contributed by atoms with Gasteiger partial charge in [0.25, 0.3) is 0 Å². The number of nitrogens with zero attached hydrogens (tertiary/aromatic N) is 2. The van der Waals surface area contributed by atoms with Crippen LogP contribution in [-0.2, 0) is 0 Å². The molecule has 0 bridgehead atoms. The third-order valence-corrected chi connectivity index (χ3v) is 11.4. The molecule has 0 aromatic rings. The molecular weight excluding hydrogens is 762 g/mol. The van der Waals surface area contributed by atoms with E-state index in [1.54, 1.807) is 0 Å². The predicted molar refractivity (Wildman–Crippen MR) is 191 cm³/mol. The standard InChI is InChI=1S/C40H84N2.2HI/c1-5-9-11-13-15-17-19-21-23-25-27-29-31-33-35-41(7-3)37-39-42(8-4,40-38-41)36-34-32-30-28-26-24-22-20-18-16-14-12-10-6-2;;/h5-40H2,1-4H3;2*1H/q+2;;/p-2. The second-order valence-corrected chi connectivity index (χ2v) is 14.8. The SMILES string of the molecule is CCCCCCCCCCCCCCCC[N+]1(CC)CC[N+](CC)(CCCCCCCCCCCCCCCC)CC1.[I-].[I-]. The summed E-state index contributed by atoms with van der Waals surface area (Å²) in [5, 5.41) is 0. The van der Waals surface area contributed by atoms with Crippen molar-refractivity contribution >= 4 is 0 Å². The minimum Gasteiger partial charge on any atom is -1.00 e. The Morgan fingerprint density at radius 3 is 0.636 bits per heavy atom. The Hall–Kier alpha value is 1.38. The maximum atomic E-state index is 2.48. The van der Waals surface area contributed by atoms with E-state index in [1.807, 2.05) is 0 Å². The zero-order valence-corrected chi connectivity index (χ0v) is 35.4. The molecule has 1 rings (SSSR count). The van der Waals surface area contributed by atoms with Crippen LogP contribution in [0.5, 0.6) is 0 Å². The van der Waals surface area contributed by atoms with Crippen molar-refractivity contribution in [3.63, 3.8) is 0 Å². The molecule has 0 aliphatic carbocycles. The molecule has 0 unspecified atom stereocenters. The molecule has 0 aromatic carbocycles. The second kappa shape index (κ2) is 34.3. The topological polar surface area (TPSA) is 0 Å². The molecule has 0 N–H and O–H groups in total. The van der Waals surface area contributed by atoms with Gasteiger partial charge in [-0.2, -0.15) is 0 Å². The van der Waals surface area contributed by atoms with Crippen LogP contribution in [0.3, 0.4) is 0 Å². The van der Waals surface area contributed by atoms with Gasteiger partial charge in [-0.05, 0) is 39.5 Å². The molecule has 0 radical (unpaired) electrons. The van der Waals surface area contributed by atoms with E-state index in [-0.39, 0.29) is 48.0 Å². The Labute approximate surface area is 314 Å². The van der Waals surface area contributed by atoms with E-state index in [1.165, 1.54) is 241 Å². The summed E-state index contributed by atoms with van der Waals surface area (Å²) >= 11 is 0. The first-order valence-electron chi connectivity index (χ1n) is 20.4. The number of unbranched alkanes of at least 4 members (excludes halogenated alkanes) is 26. The average Bonchev–Trinajstić information content (AvgIpc) is 3.02. The molecule has 44 heavy (non-hydrogen) atoms. The second-order valence-electron chi connectivity index (χ2n) is 14.8. The van der Waals surface area contributed by atoms with Crippen molar-refractivity contribution in [3.05, 3.63) is 0 Å². The lowest BCUT2D eigenvalue weighted by Crippen LogP contribution is -3.00. The zero-order chi connectivity index (χ0) is 30.5. The maximum absolute atomic E-state index is 2.48. The van der Waals surface area contributed by atoms with Gasteiger partial charge in [0.15, 0.2) is 0 Å². The fourth-order valence-corrected chi connectivity index (χ4v) is 7.75. The van der Waals surface area contributed by atoms with Crippen LogP contribution in [0.25, 0.3) is 0 Å². The largest absolute Gasteiger partial charge is 1.00 e. The van der Waals surface area contributed by atoms with Crippen LogP contribution < -0.4 is 48.0 Å². The van der Waals surface area contributed by atoms with Crippen molar-refractivity contribution < 1.29 is 56.9 Å². The van der Waals surface area contributed by atoms with Crippen molar-refractivity contribution in [1.82, 2.24) is 0 Å². The van der Waals surface area contributed by atoms with Crippen molar-refractivity contribution in [2.24, 2.45) is 0 Å². The van der Waals surface area contributed by atoms with Crippen LogP contribution in [0.4, 0.5) is 0 Å². The van der Waals surface area contributed by atoms with Crippen LogP contribution in [0.2, 0.25) is 0 Å². The summed E-state index contributed by atoms with van der Waals surface area (Å²) in [5.74, 6) is 0. The fourth-order valence-electron chi connectivity index (χ4n) is 7.75. The smallest absolute Gasteiger partial charge is 0.129 e. The number of hydrogen-bond acceptors (Lipinski definition) is 0. The zero-order valence-electron chi connectivity index (χ0n) is 31.1. The third kappa shape index (κ3) is 25.4. The molecule has 0 spiro atoms. The lowest BCUT2D eigenvalue weighted by Gasteiger charge is -2.49. The van der Waals surface area contributed by atoms with E-state index in [0.717, 1.165) is 0 Å². The molecule has 0 saturated carbocycles. The molecule has 1 aliphatic heterocycles. The molecule has 0 amide bonds. The number of hydrogen-bond donors (Lipinski definition) is 0. The van der Waals surface area contributed by atoms with Crippen molar-refractivity contribution in [3.8, 4) is 0 Å². The molecule has 268 valence electrons. The van der Waals surface area contributed by atoms with E-state index in [9.17, 15) is 0 Å². The summed E-state index contributed by atoms with van der Waals surface area (Å²) in [6, 6.07) is 0. The van der Waals surface area contributed by atoms with Crippen LogP contribution in [0.1, 0.15) is 207 Å². The summed E-state index contributed by atoms with van der Waals surface area (Å²) < 4.78 is 2.86. The van der Waals surface area contributed by atoms with Gasteiger partial charge < -0.3 is 56.9 Å². The van der Waals surface area contributed by atoms with Crippen LogP contribution in [0, 0.1) is 0 Å². The Morgan fingerprint density at radius 1 is 0.273 bits per heavy atom. The molecule has 0 atom stereocenters. The summed E-state index contributed by atoms with van der Waals surface area (Å²) in [6.45, 7) is 21.0. The number of likely N-dealkylation sites (N-methyl/N-ethyl adjacent to an activating group) is 2. The Balaban J connectivity index is 0. The first-order valence-corrected chi connectivity index (χ1v) is 20.4. The molecule has 1 fully saturated rings. The monoisotopic (exact) mass is 846 g/mol. The van der Waals surface area contributed by atoms with Crippen LogP contribution >= 0.6 is 0 Å². The van der Waals surface area contributed by atoms with Gasteiger partial charge in [-0.1, -0.05) is 168 Å².